The van der Waals surface area contributed by atoms with Crippen molar-refractivity contribution >= 4 is 40.7 Å². The molecule has 26 heavy (non-hydrogen) atoms. The maximum Gasteiger partial charge on any atom is 0.254 e. The molecule has 0 aliphatic rings. The Bertz CT molecular complexity index is 866. The number of benzene rings is 2. The van der Waals surface area contributed by atoms with E-state index in [9.17, 15) is 4.79 Å². The monoisotopic (exact) mass is 386 g/mol. The number of nitrogens with one attached hydrogen (secondary N) is 2. The van der Waals surface area contributed by atoms with Crippen LogP contribution in [0.1, 0.15) is 15.9 Å². The second-order valence-corrected chi connectivity index (χ2v) is 6.44. The van der Waals surface area contributed by atoms with Crippen LogP contribution >= 0.6 is 23.2 Å². The molecule has 0 radical (unpaired) electrons. The molecule has 1 amide bonds. The molecular weight excluding hydrogens is 371 g/mol. The predicted octanol–water partition coefficient (Wildman–Crippen LogP) is 4.50. The summed E-state index contributed by atoms with van der Waals surface area (Å²) in [5.74, 6) is 0.141. The summed E-state index contributed by atoms with van der Waals surface area (Å²) in [6.07, 6.45) is 3.71. The molecule has 0 atom stereocenters. The minimum atomic E-state index is -0.210. The maximum absolute atomic E-state index is 12.1. The Morgan fingerprint density at radius 2 is 1.62 bits per heavy atom. The lowest BCUT2D eigenvalue weighted by Crippen LogP contribution is -2.26. The zero-order valence-electron chi connectivity index (χ0n) is 13.7. The van der Waals surface area contributed by atoms with Crippen molar-refractivity contribution < 1.29 is 4.79 Å². The van der Waals surface area contributed by atoms with Gasteiger partial charge in [0.1, 0.15) is 0 Å². The Balaban J connectivity index is 1.55. The number of aromatic nitrogens is 2. The van der Waals surface area contributed by atoms with Gasteiger partial charge in [-0.15, -0.1) is 0 Å². The molecule has 0 fully saturated rings. The Morgan fingerprint density at radius 1 is 0.962 bits per heavy atom. The highest BCUT2D eigenvalue weighted by molar-refractivity contribution is 6.35. The third kappa shape index (κ3) is 5.18. The summed E-state index contributed by atoms with van der Waals surface area (Å²) in [7, 11) is 0. The van der Waals surface area contributed by atoms with Crippen molar-refractivity contribution in [2.75, 3.05) is 11.9 Å². The lowest BCUT2D eigenvalue weighted by atomic mass is 10.1. The van der Waals surface area contributed by atoms with Crippen molar-refractivity contribution in [2.24, 2.45) is 0 Å². The number of hydrogen-bond donors (Lipinski definition) is 2. The van der Waals surface area contributed by atoms with Gasteiger partial charge in [0.25, 0.3) is 5.91 Å². The van der Waals surface area contributed by atoms with Gasteiger partial charge in [0.15, 0.2) is 0 Å². The Labute approximate surface area is 161 Å². The zero-order valence-corrected chi connectivity index (χ0v) is 15.3. The van der Waals surface area contributed by atoms with Gasteiger partial charge in [-0.05, 0) is 30.2 Å². The SMILES string of the molecule is O=C(NCCc1ccccc1)c1cnc(Nc2cc(Cl)cc(Cl)c2)nc1. The van der Waals surface area contributed by atoms with E-state index in [0.717, 1.165) is 6.42 Å². The number of carbonyl (C=O) groups is 1. The standard InChI is InChI=1S/C19H16Cl2N4O/c20-15-8-16(21)10-17(9-15)25-19-23-11-14(12-24-19)18(26)22-7-6-13-4-2-1-3-5-13/h1-5,8-12H,6-7H2,(H,22,26)(H,23,24,25). The number of hydrogen-bond acceptors (Lipinski definition) is 4. The van der Waals surface area contributed by atoms with Gasteiger partial charge in [-0.1, -0.05) is 53.5 Å². The highest BCUT2D eigenvalue weighted by atomic mass is 35.5. The second kappa shape index (κ2) is 8.65. The van der Waals surface area contributed by atoms with E-state index in [4.69, 9.17) is 23.2 Å². The average molecular weight is 387 g/mol. The summed E-state index contributed by atoms with van der Waals surface area (Å²) in [5.41, 5.74) is 2.24. The van der Waals surface area contributed by atoms with Gasteiger partial charge in [0, 0.05) is 34.7 Å². The fourth-order valence-electron chi connectivity index (χ4n) is 2.33. The number of anilines is 2. The van der Waals surface area contributed by atoms with Crippen LogP contribution in [-0.2, 0) is 6.42 Å². The first kappa shape index (κ1) is 18.2. The lowest BCUT2D eigenvalue weighted by Gasteiger charge is -2.07. The first-order valence-electron chi connectivity index (χ1n) is 7.97. The fourth-order valence-corrected chi connectivity index (χ4v) is 2.86. The molecule has 0 saturated heterocycles. The molecule has 0 bridgehead atoms. The molecule has 7 heteroatoms. The number of rotatable bonds is 6. The molecule has 2 N–H and O–H groups in total. The van der Waals surface area contributed by atoms with Crippen molar-refractivity contribution in [3.05, 3.63) is 82.1 Å². The van der Waals surface area contributed by atoms with Gasteiger partial charge in [0.2, 0.25) is 5.95 Å². The first-order valence-corrected chi connectivity index (χ1v) is 8.73. The smallest absolute Gasteiger partial charge is 0.254 e. The van der Waals surface area contributed by atoms with Gasteiger partial charge in [0.05, 0.1) is 5.56 Å². The third-order valence-electron chi connectivity index (χ3n) is 3.57. The minimum Gasteiger partial charge on any atom is -0.352 e. The van der Waals surface area contributed by atoms with E-state index in [-0.39, 0.29) is 5.91 Å². The quantitative estimate of drug-likeness (QED) is 0.654. The molecule has 0 aliphatic carbocycles. The van der Waals surface area contributed by atoms with Crippen LogP contribution in [0.3, 0.4) is 0 Å². The van der Waals surface area contributed by atoms with Gasteiger partial charge in [-0.3, -0.25) is 4.79 Å². The van der Waals surface area contributed by atoms with Gasteiger partial charge >= 0.3 is 0 Å². The largest absolute Gasteiger partial charge is 0.352 e. The molecule has 5 nitrogen and oxygen atoms in total. The van der Waals surface area contributed by atoms with Crippen molar-refractivity contribution in [1.82, 2.24) is 15.3 Å². The molecule has 1 heterocycles. The van der Waals surface area contributed by atoms with Gasteiger partial charge in [-0.25, -0.2) is 9.97 Å². The molecule has 0 aliphatic heterocycles. The van der Waals surface area contributed by atoms with Gasteiger partial charge < -0.3 is 10.6 Å². The van der Waals surface area contributed by atoms with Crippen LogP contribution in [0.4, 0.5) is 11.6 Å². The molecule has 3 rings (SSSR count). The number of nitrogens with zero attached hydrogens (tertiary/aromatic N) is 2. The summed E-state index contributed by atoms with van der Waals surface area (Å²) in [6, 6.07) is 15.0. The van der Waals surface area contributed by atoms with E-state index in [0.29, 0.717) is 33.8 Å². The van der Waals surface area contributed by atoms with Gasteiger partial charge in [-0.2, -0.15) is 0 Å². The topological polar surface area (TPSA) is 66.9 Å². The summed E-state index contributed by atoms with van der Waals surface area (Å²) >= 11 is 11.9. The van der Waals surface area contributed by atoms with Crippen LogP contribution in [0, 0.1) is 0 Å². The van der Waals surface area contributed by atoms with Crippen LogP contribution in [0.5, 0.6) is 0 Å². The molecule has 1 aromatic heterocycles. The van der Waals surface area contributed by atoms with Crippen LogP contribution in [0.15, 0.2) is 60.9 Å². The second-order valence-electron chi connectivity index (χ2n) is 5.57. The predicted molar refractivity (Wildman–Crippen MR) is 104 cm³/mol. The van der Waals surface area contributed by atoms with E-state index >= 15 is 0 Å². The molecule has 0 saturated carbocycles. The summed E-state index contributed by atoms with van der Waals surface area (Å²) in [4.78, 5) is 20.5. The molecule has 0 spiro atoms. The van der Waals surface area contributed by atoms with Crippen molar-refractivity contribution in [1.29, 1.82) is 0 Å². The molecular formula is C19H16Cl2N4O. The average Bonchev–Trinajstić information content (AvgIpc) is 2.62. The van der Waals surface area contributed by atoms with Crippen molar-refractivity contribution in [3.8, 4) is 0 Å². The highest BCUT2D eigenvalue weighted by Crippen LogP contribution is 2.24. The maximum atomic E-state index is 12.1. The van der Waals surface area contributed by atoms with Crippen molar-refractivity contribution in [2.45, 2.75) is 6.42 Å². The van der Waals surface area contributed by atoms with E-state index in [1.165, 1.54) is 18.0 Å². The molecule has 2 aromatic carbocycles. The lowest BCUT2D eigenvalue weighted by molar-refractivity contribution is 0.0953. The third-order valence-corrected chi connectivity index (χ3v) is 4.01. The highest BCUT2D eigenvalue weighted by Gasteiger charge is 2.07. The molecule has 0 unspecified atom stereocenters. The zero-order chi connectivity index (χ0) is 18.4. The number of amides is 1. The van der Waals surface area contributed by atoms with E-state index in [1.54, 1.807) is 18.2 Å². The summed E-state index contributed by atoms with van der Waals surface area (Å²) in [5, 5.41) is 6.87. The summed E-state index contributed by atoms with van der Waals surface area (Å²) < 4.78 is 0. The Hall–Kier alpha value is -2.63. The van der Waals surface area contributed by atoms with Crippen LogP contribution in [-0.4, -0.2) is 22.4 Å². The molecule has 132 valence electrons. The summed E-state index contributed by atoms with van der Waals surface area (Å²) in [6.45, 7) is 0.545. The Morgan fingerprint density at radius 3 is 2.27 bits per heavy atom. The number of carbonyl (C=O) groups excluding carboxylic acids is 1. The fraction of sp³-hybridized carbons (Fsp3) is 0.105. The minimum absolute atomic E-state index is 0.210. The van der Waals surface area contributed by atoms with Crippen LogP contribution < -0.4 is 10.6 Å². The molecule has 3 aromatic rings. The number of halogens is 2. The van der Waals surface area contributed by atoms with Crippen molar-refractivity contribution in [3.63, 3.8) is 0 Å². The Kier molecular flexibility index (Phi) is 6.04. The van der Waals surface area contributed by atoms with E-state index in [2.05, 4.69) is 20.6 Å². The van der Waals surface area contributed by atoms with Crippen LogP contribution in [0.2, 0.25) is 10.0 Å². The van der Waals surface area contributed by atoms with Crippen LogP contribution in [0.25, 0.3) is 0 Å². The van der Waals surface area contributed by atoms with E-state index in [1.807, 2.05) is 30.3 Å². The first-order chi connectivity index (χ1) is 12.6. The van der Waals surface area contributed by atoms with E-state index < -0.39 is 0 Å². The normalized spacial score (nSPS) is 10.4.